The van der Waals surface area contributed by atoms with Crippen molar-refractivity contribution in [3.63, 3.8) is 0 Å². The van der Waals surface area contributed by atoms with E-state index in [1.165, 1.54) is 22.1 Å². The Kier molecular flexibility index (Phi) is 4.93. The molecule has 0 aliphatic carbocycles. The van der Waals surface area contributed by atoms with Gasteiger partial charge >= 0.3 is 5.63 Å². The number of aromatic nitrogens is 4. The van der Waals surface area contributed by atoms with Gasteiger partial charge in [-0.25, -0.2) is 19.4 Å². The Bertz CT molecular complexity index is 1570. The Hall–Kier alpha value is -4.00. The van der Waals surface area contributed by atoms with Gasteiger partial charge in [0.05, 0.1) is 27.6 Å². The second-order valence-electron chi connectivity index (χ2n) is 6.76. The Morgan fingerprint density at radius 2 is 2.16 bits per heavy atom. The maximum Gasteiger partial charge on any atom is 0.347 e. The number of hydrogen-bond donors (Lipinski definition) is 0. The first-order valence-electron chi connectivity index (χ1n) is 9.30. The summed E-state index contributed by atoms with van der Waals surface area (Å²) < 4.78 is 12.8. The number of nitrogens with zero attached hydrogens (tertiary/aromatic N) is 5. The van der Waals surface area contributed by atoms with Crippen molar-refractivity contribution in [3.8, 4) is 35.1 Å². The van der Waals surface area contributed by atoms with Gasteiger partial charge in [0, 0.05) is 17.6 Å². The zero-order valence-corrected chi connectivity index (χ0v) is 18.0. The molecule has 0 spiro atoms. The van der Waals surface area contributed by atoms with Crippen molar-refractivity contribution in [3.05, 3.63) is 79.9 Å². The van der Waals surface area contributed by atoms with Crippen LogP contribution >= 0.6 is 22.9 Å². The molecule has 0 N–H and O–H groups in total. The minimum atomic E-state index is -0.620. The third-order valence-electron chi connectivity index (χ3n) is 4.62. The Morgan fingerprint density at radius 3 is 2.91 bits per heavy atom. The molecule has 0 amide bonds. The summed E-state index contributed by atoms with van der Waals surface area (Å²) in [7, 11) is 0. The summed E-state index contributed by atoms with van der Waals surface area (Å²) in [4.78, 5) is 21.6. The average molecular weight is 462 g/mol. The van der Waals surface area contributed by atoms with Gasteiger partial charge in [0.1, 0.15) is 11.4 Å². The molecule has 0 saturated carbocycles. The molecular formula is C22H12ClN5O3S. The van der Waals surface area contributed by atoms with E-state index in [0.29, 0.717) is 38.9 Å². The summed E-state index contributed by atoms with van der Waals surface area (Å²) in [6.07, 6.45) is 1.57. The molecule has 0 radical (unpaired) electrons. The lowest BCUT2D eigenvalue weighted by molar-refractivity contribution is 0.459. The molecule has 0 bridgehead atoms. The molecule has 8 nitrogen and oxygen atoms in total. The first-order valence-corrected chi connectivity index (χ1v) is 10.6. The summed E-state index contributed by atoms with van der Waals surface area (Å²) >= 11 is 7.83. The van der Waals surface area contributed by atoms with Gasteiger partial charge in [-0.1, -0.05) is 11.6 Å². The van der Waals surface area contributed by atoms with Crippen molar-refractivity contribution in [2.45, 2.75) is 6.92 Å². The van der Waals surface area contributed by atoms with Crippen molar-refractivity contribution >= 4 is 33.8 Å². The van der Waals surface area contributed by atoms with Crippen LogP contribution < -0.4 is 10.4 Å². The Labute approximate surface area is 189 Å². The molecule has 156 valence electrons. The van der Waals surface area contributed by atoms with Gasteiger partial charge in [-0.2, -0.15) is 5.26 Å². The fourth-order valence-corrected chi connectivity index (χ4v) is 3.97. The van der Waals surface area contributed by atoms with Crippen LogP contribution in [0.1, 0.15) is 11.1 Å². The quantitative estimate of drug-likeness (QED) is 0.365. The molecular weight excluding hydrogens is 450 g/mol. The standard InChI is InChI=1S/C22H12ClN5O3S/c1-12-7-13(10-24)8-15-19(12)26-21(31-22(15)29)17-9-18(30-14-4-6-32-11-14)27-28(17)20-16(23)3-2-5-25-20/h2-9,11H,1H3. The summed E-state index contributed by atoms with van der Waals surface area (Å²) in [5.41, 5.74) is 1.16. The molecule has 0 aliphatic heterocycles. The number of hydrogen-bond acceptors (Lipinski definition) is 8. The Morgan fingerprint density at radius 1 is 1.28 bits per heavy atom. The second kappa shape index (κ2) is 7.92. The minimum Gasteiger partial charge on any atom is -0.437 e. The van der Waals surface area contributed by atoms with Gasteiger partial charge < -0.3 is 9.15 Å². The number of ether oxygens (including phenoxy) is 1. The average Bonchev–Trinajstić information content (AvgIpc) is 3.45. The van der Waals surface area contributed by atoms with E-state index < -0.39 is 5.63 Å². The number of pyridine rings is 1. The molecule has 4 heterocycles. The lowest BCUT2D eigenvalue weighted by Gasteiger charge is -2.08. The molecule has 1 aromatic carbocycles. The van der Waals surface area contributed by atoms with Gasteiger partial charge in [0.2, 0.25) is 11.8 Å². The van der Waals surface area contributed by atoms with Crippen LogP contribution in [-0.4, -0.2) is 19.7 Å². The summed E-state index contributed by atoms with van der Waals surface area (Å²) in [6.45, 7) is 1.78. The fourth-order valence-electron chi connectivity index (χ4n) is 3.21. The normalized spacial score (nSPS) is 10.9. The molecule has 0 atom stereocenters. The molecule has 5 aromatic rings. The summed E-state index contributed by atoms with van der Waals surface area (Å²) in [5, 5.41) is 17.9. The summed E-state index contributed by atoms with van der Waals surface area (Å²) in [6, 6.07) is 11.9. The first-order chi connectivity index (χ1) is 15.5. The highest BCUT2D eigenvalue weighted by atomic mass is 35.5. The smallest absolute Gasteiger partial charge is 0.347 e. The predicted molar refractivity (Wildman–Crippen MR) is 119 cm³/mol. The van der Waals surface area contributed by atoms with Crippen LogP contribution in [0, 0.1) is 18.3 Å². The topological polar surface area (TPSA) is 107 Å². The van der Waals surface area contributed by atoms with Gasteiger partial charge in [-0.3, -0.25) is 0 Å². The maximum atomic E-state index is 12.8. The summed E-state index contributed by atoms with van der Waals surface area (Å²) in [5.74, 6) is 1.21. The molecule has 4 aromatic heterocycles. The highest BCUT2D eigenvalue weighted by Gasteiger charge is 2.21. The third-order valence-corrected chi connectivity index (χ3v) is 5.57. The van der Waals surface area contributed by atoms with E-state index in [-0.39, 0.29) is 17.2 Å². The molecule has 0 saturated heterocycles. The van der Waals surface area contributed by atoms with Crippen molar-refractivity contribution in [2.75, 3.05) is 0 Å². The van der Waals surface area contributed by atoms with E-state index in [0.717, 1.165) is 0 Å². The lowest BCUT2D eigenvalue weighted by Crippen LogP contribution is -2.08. The highest BCUT2D eigenvalue weighted by molar-refractivity contribution is 7.08. The van der Waals surface area contributed by atoms with Crippen molar-refractivity contribution in [1.82, 2.24) is 19.7 Å². The Balaban J connectivity index is 1.73. The molecule has 0 aliphatic rings. The monoisotopic (exact) mass is 461 g/mol. The van der Waals surface area contributed by atoms with Crippen LogP contribution in [-0.2, 0) is 0 Å². The first kappa shape index (κ1) is 19.9. The van der Waals surface area contributed by atoms with Gasteiger partial charge in [0.15, 0.2) is 5.82 Å². The van der Waals surface area contributed by atoms with E-state index >= 15 is 0 Å². The second-order valence-corrected chi connectivity index (χ2v) is 7.94. The van der Waals surface area contributed by atoms with Crippen LogP contribution in [0.3, 0.4) is 0 Å². The third kappa shape index (κ3) is 3.51. The van der Waals surface area contributed by atoms with E-state index in [2.05, 4.69) is 15.1 Å². The molecule has 10 heteroatoms. The molecule has 5 rings (SSSR count). The van der Waals surface area contributed by atoms with Crippen LogP contribution in [0.2, 0.25) is 5.02 Å². The van der Waals surface area contributed by atoms with E-state index in [1.54, 1.807) is 37.4 Å². The number of rotatable bonds is 4. The zero-order chi connectivity index (χ0) is 22.2. The van der Waals surface area contributed by atoms with Crippen LogP contribution in [0.25, 0.3) is 28.3 Å². The fraction of sp³-hybridized carbons (Fsp3) is 0.0455. The van der Waals surface area contributed by atoms with E-state index in [4.69, 9.17) is 20.8 Å². The number of halogens is 1. The van der Waals surface area contributed by atoms with Crippen molar-refractivity contribution in [1.29, 1.82) is 5.26 Å². The van der Waals surface area contributed by atoms with Crippen LogP contribution in [0.4, 0.5) is 0 Å². The molecule has 0 fully saturated rings. The van der Waals surface area contributed by atoms with Gasteiger partial charge in [-0.15, -0.1) is 16.4 Å². The van der Waals surface area contributed by atoms with Crippen molar-refractivity contribution in [2.24, 2.45) is 0 Å². The van der Waals surface area contributed by atoms with Gasteiger partial charge in [0.25, 0.3) is 0 Å². The number of thiophene rings is 1. The van der Waals surface area contributed by atoms with Crippen LogP contribution in [0.15, 0.2) is 62.6 Å². The van der Waals surface area contributed by atoms with Crippen LogP contribution in [0.5, 0.6) is 11.6 Å². The number of benzene rings is 1. The zero-order valence-electron chi connectivity index (χ0n) is 16.4. The molecule has 32 heavy (non-hydrogen) atoms. The maximum absolute atomic E-state index is 12.8. The van der Waals surface area contributed by atoms with E-state index in [9.17, 15) is 10.1 Å². The number of aryl methyl sites for hydroxylation is 1. The van der Waals surface area contributed by atoms with E-state index in [1.807, 2.05) is 22.9 Å². The lowest BCUT2D eigenvalue weighted by atomic mass is 10.1. The number of nitriles is 1. The molecule has 0 unspecified atom stereocenters. The SMILES string of the molecule is Cc1cc(C#N)cc2c(=O)oc(-c3cc(Oc4ccsc4)nn3-c3ncccc3Cl)nc12. The number of fused-ring (bicyclic) bond motifs is 1. The van der Waals surface area contributed by atoms with Gasteiger partial charge in [-0.05, 0) is 48.2 Å². The minimum absolute atomic E-state index is 0.0182. The largest absolute Gasteiger partial charge is 0.437 e. The predicted octanol–water partition coefficient (Wildman–Crippen LogP) is 5.12. The van der Waals surface area contributed by atoms with Crippen molar-refractivity contribution < 1.29 is 9.15 Å². The highest BCUT2D eigenvalue weighted by Crippen LogP contribution is 2.31.